The molecule has 1 aliphatic carbocycles. The van der Waals surface area contributed by atoms with Crippen molar-refractivity contribution in [2.24, 2.45) is 11.7 Å². The SMILES string of the molecule is NC(c1ccc([N+](=O)[O-])cc1)C1CCCCC1. The molecule has 17 heavy (non-hydrogen) atoms. The van der Waals surface area contributed by atoms with Crippen LogP contribution >= 0.6 is 0 Å². The summed E-state index contributed by atoms with van der Waals surface area (Å²) < 4.78 is 0. The second-order valence-electron chi connectivity index (χ2n) is 4.77. The molecular weight excluding hydrogens is 216 g/mol. The van der Waals surface area contributed by atoms with Crippen LogP contribution in [0.2, 0.25) is 0 Å². The second kappa shape index (κ2) is 5.27. The van der Waals surface area contributed by atoms with Gasteiger partial charge >= 0.3 is 0 Å². The standard InChI is InChI=1S/C13H18N2O2/c14-13(10-4-2-1-3-5-10)11-6-8-12(9-7-11)15(16)17/h6-10,13H,1-5,14H2. The maximum absolute atomic E-state index is 10.6. The van der Waals surface area contributed by atoms with Crippen molar-refractivity contribution in [2.45, 2.75) is 38.1 Å². The zero-order valence-electron chi connectivity index (χ0n) is 9.84. The third kappa shape index (κ3) is 2.82. The predicted molar refractivity (Wildman–Crippen MR) is 66.6 cm³/mol. The second-order valence-corrected chi connectivity index (χ2v) is 4.77. The van der Waals surface area contributed by atoms with E-state index in [0.717, 1.165) is 5.56 Å². The molecule has 4 heteroatoms. The molecule has 1 fully saturated rings. The lowest BCUT2D eigenvalue weighted by atomic mass is 9.81. The van der Waals surface area contributed by atoms with Crippen molar-refractivity contribution in [3.8, 4) is 0 Å². The topological polar surface area (TPSA) is 69.2 Å². The van der Waals surface area contributed by atoms with E-state index in [2.05, 4.69) is 0 Å². The van der Waals surface area contributed by atoms with Crippen LogP contribution in [0.25, 0.3) is 0 Å². The Labute approximate surface area is 101 Å². The smallest absolute Gasteiger partial charge is 0.269 e. The summed E-state index contributed by atoms with van der Waals surface area (Å²) in [5.74, 6) is 0.533. The van der Waals surface area contributed by atoms with Crippen LogP contribution in [0.15, 0.2) is 24.3 Å². The fraction of sp³-hybridized carbons (Fsp3) is 0.538. The molecule has 2 rings (SSSR count). The van der Waals surface area contributed by atoms with Gasteiger partial charge in [0.15, 0.2) is 0 Å². The number of non-ortho nitro benzene ring substituents is 1. The molecular formula is C13H18N2O2. The van der Waals surface area contributed by atoms with E-state index in [-0.39, 0.29) is 16.7 Å². The Hall–Kier alpha value is -1.42. The number of nitrogens with two attached hydrogens (primary N) is 1. The van der Waals surface area contributed by atoms with E-state index >= 15 is 0 Å². The van der Waals surface area contributed by atoms with E-state index in [1.807, 2.05) is 0 Å². The Bertz CT molecular complexity index is 383. The summed E-state index contributed by atoms with van der Waals surface area (Å²) in [6.45, 7) is 0. The van der Waals surface area contributed by atoms with Crippen LogP contribution in [0, 0.1) is 16.0 Å². The summed E-state index contributed by atoms with van der Waals surface area (Å²) >= 11 is 0. The average molecular weight is 234 g/mol. The molecule has 0 bridgehead atoms. The molecule has 0 aromatic heterocycles. The summed E-state index contributed by atoms with van der Waals surface area (Å²) in [7, 11) is 0. The van der Waals surface area contributed by atoms with Crippen LogP contribution in [0.5, 0.6) is 0 Å². The van der Waals surface area contributed by atoms with Gasteiger partial charge in [-0.15, -0.1) is 0 Å². The Morgan fingerprint density at radius 3 is 2.29 bits per heavy atom. The normalized spacial score (nSPS) is 18.9. The van der Waals surface area contributed by atoms with Crippen LogP contribution in [0.4, 0.5) is 5.69 Å². The van der Waals surface area contributed by atoms with E-state index in [1.165, 1.54) is 44.2 Å². The van der Waals surface area contributed by atoms with Gasteiger partial charge in [0, 0.05) is 18.2 Å². The first-order valence-corrected chi connectivity index (χ1v) is 6.18. The molecule has 1 aliphatic rings. The Morgan fingerprint density at radius 1 is 1.18 bits per heavy atom. The highest BCUT2D eigenvalue weighted by Gasteiger charge is 2.22. The average Bonchev–Trinajstić information content (AvgIpc) is 2.39. The van der Waals surface area contributed by atoms with E-state index in [0.29, 0.717) is 5.92 Å². The van der Waals surface area contributed by atoms with Gasteiger partial charge in [-0.25, -0.2) is 0 Å². The zero-order valence-corrected chi connectivity index (χ0v) is 9.84. The lowest BCUT2D eigenvalue weighted by Gasteiger charge is -2.27. The molecule has 1 unspecified atom stereocenters. The summed E-state index contributed by atoms with van der Waals surface area (Å²) in [5, 5.41) is 10.6. The van der Waals surface area contributed by atoms with Crippen molar-refractivity contribution in [1.29, 1.82) is 0 Å². The molecule has 1 saturated carbocycles. The molecule has 0 radical (unpaired) electrons. The van der Waals surface area contributed by atoms with Crippen molar-refractivity contribution < 1.29 is 4.92 Å². The third-order valence-electron chi connectivity index (χ3n) is 3.65. The summed E-state index contributed by atoms with van der Waals surface area (Å²) in [4.78, 5) is 10.2. The summed E-state index contributed by atoms with van der Waals surface area (Å²) in [6.07, 6.45) is 6.18. The van der Waals surface area contributed by atoms with Crippen molar-refractivity contribution in [3.05, 3.63) is 39.9 Å². The van der Waals surface area contributed by atoms with Crippen LogP contribution < -0.4 is 5.73 Å². The molecule has 92 valence electrons. The van der Waals surface area contributed by atoms with Crippen LogP contribution in [-0.2, 0) is 0 Å². The first kappa shape index (κ1) is 12.0. The fourth-order valence-corrected chi connectivity index (χ4v) is 2.58. The van der Waals surface area contributed by atoms with Crippen LogP contribution in [0.3, 0.4) is 0 Å². The minimum Gasteiger partial charge on any atom is -0.324 e. The molecule has 0 amide bonds. The molecule has 0 aliphatic heterocycles. The Morgan fingerprint density at radius 2 is 1.76 bits per heavy atom. The van der Waals surface area contributed by atoms with Gasteiger partial charge in [0.25, 0.3) is 5.69 Å². The van der Waals surface area contributed by atoms with E-state index < -0.39 is 0 Å². The van der Waals surface area contributed by atoms with Crippen molar-refractivity contribution in [3.63, 3.8) is 0 Å². The maximum atomic E-state index is 10.6. The quantitative estimate of drug-likeness (QED) is 0.645. The first-order chi connectivity index (χ1) is 8.18. The van der Waals surface area contributed by atoms with Gasteiger partial charge < -0.3 is 5.73 Å². The first-order valence-electron chi connectivity index (χ1n) is 6.18. The molecule has 4 nitrogen and oxygen atoms in total. The Balaban J connectivity index is 2.07. The number of nitro groups is 1. The summed E-state index contributed by atoms with van der Waals surface area (Å²) in [5.41, 5.74) is 7.37. The lowest BCUT2D eigenvalue weighted by Crippen LogP contribution is -2.23. The molecule has 0 heterocycles. The van der Waals surface area contributed by atoms with Gasteiger partial charge in [0.05, 0.1) is 4.92 Å². The van der Waals surface area contributed by atoms with Crippen molar-refractivity contribution >= 4 is 5.69 Å². The van der Waals surface area contributed by atoms with E-state index in [9.17, 15) is 10.1 Å². The zero-order chi connectivity index (χ0) is 12.3. The van der Waals surface area contributed by atoms with Gasteiger partial charge in [-0.05, 0) is 24.3 Å². The van der Waals surface area contributed by atoms with Gasteiger partial charge in [-0.3, -0.25) is 10.1 Å². The number of hydrogen-bond donors (Lipinski definition) is 1. The van der Waals surface area contributed by atoms with Gasteiger partial charge in [0.2, 0.25) is 0 Å². The minimum atomic E-state index is -0.379. The number of nitro benzene ring substituents is 1. The van der Waals surface area contributed by atoms with Crippen LogP contribution in [-0.4, -0.2) is 4.92 Å². The van der Waals surface area contributed by atoms with Gasteiger partial charge in [-0.1, -0.05) is 31.4 Å². The highest BCUT2D eigenvalue weighted by Crippen LogP contribution is 2.33. The van der Waals surface area contributed by atoms with E-state index in [4.69, 9.17) is 5.73 Å². The van der Waals surface area contributed by atoms with Gasteiger partial charge in [-0.2, -0.15) is 0 Å². The predicted octanol–water partition coefficient (Wildman–Crippen LogP) is 3.17. The number of hydrogen-bond acceptors (Lipinski definition) is 3. The number of rotatable bonds is 3. The maximum Gasteiger partial charge on any atom is 0.269 e. The molecule has 0 spiro atoms. The molecule has 1 aromatic carbocycles. The lowest BCUT2D eigenvalue weighted by molar-refractivity contribution is -0.384. The van der Waals surface area contributed by atoms with Crippen LogP contribution in [0.1, 0.15) is 43.7 Å². The molecule has 0 saturated heterocycles. The molecule has 1 atom stereocenters. The van der Waals surface area contributed by atoms with Crippen molar-refractivity contribution in [2.75, 3.05) is 0 Å². The Kier molecular flexibility index (Phi) is 3.74. The fourth-order valence-electron chi connectivity index (χ4n) is 2.58. The monoisotopic (exact) mass is 234 g/mol. The highest BCUT2D eigenvalue weighted by atomic mass is 16.6. The van der Waals surface area contributed by atoms with Crippen molar-refractivity contribution in [1.82, 2.24) is 0 Å². The minimum absolute atomic E-state index is 0.0242. The summed E-state index contributed by atoms with van der Waals surface area (Å²) in [6, 6.07) is 6.68. The third-order valence-corrected chi connectivity index (χ3v) is 3.65. The largest absolute Gasteiger partial charge is 0.324 e. The highest BCUT2D eigenvalue weighted by molar-refractivity contribution is 5.34. The number of benzene rings is 1. The molecule has 1 aromatic rings. The molecule has 2 N–H and O–H groups in total. The van der Waals surface area contributed by atoms with E-state index in [1.54, 1.807) is 12.1 Å². The van der Waals surface area contributed by atoms with Gasteiger partial charge in [0.1, 0.15) is 0 Å². The number of nitrogens with zero attached hydrogens (tertiary/aromatic N) is 1.